The van der Waals surface area contributed by atoms with E-state index in [1.54, 1.807) is 24.3 Å². The third-order valence-corrected chi connectivity index (χ3v) is 4.03. The quantitative estimate of drug-likeness (QED) is 0.524. The standard InChI is InChI=1S/C18H15ClN6O3/c1-20-17(27)14-15(23-9-22-14)18(28)25-11-4-2-10(3-5-11)24-16(26)12-6-7-21-8-13(12)19/h2-9H,1H3,(H,20,27)(H,22,23)(H,24,26)(H,25,28). The van der Waals surface area contributed by atoms with Gasteiger partial charge in [-0.15, -0.1) is 0 Å². The number of nitrogens with zero attached hydrogens (tertiary/aromatic N) is 2. The molecule has 0 bridgehead atoms. The van der Waals surface area contributed by atoms with Gasteiger partial charge < -0.3 is 20.9 Å². The first-order valence-electron chi connectivity index (χ1n) is 8.07. The minimum Gasteiger partial charge on any atom is -0.354 e. The summed E-state index contributed by atoms with van der Waals surface area (Å²) in [6.07, 6.45) is 4.13. The molecule has 0 atom stereocenters. The molecule has 3 aromatic rings. The molecule has 2 aromatic heterocycles. The first-order valence-corrected chi connectivity index (χ1v) is 8.45. The van der Waals surface area contributed by atoms with E-state index in [1.807, 2.05) is 0 Å². The summed E-state index contributed by atoms with van der Waals surface area (Å²) in [5, 5.41) is 8.02. The van der Waals surface area contributed by atoms with Gasteiger partial charge in [-0.1, -0.05) is 11.6 Å². The topological polar surface area (TPSA) is 129 Å². The third kappa shape index (κ3) is 4.15. The molecule has 0 spiro atoms. The molecule has 0 aliphatic carbocycles. The minimum absolute atomic E-state index is 0.00175. The molecule has 0 saturated heterocycles. The van der Waals surface area contributed by atoms with Crippen molar-refractivity contribution in [3.8, 4) is 0 Å². The second-order valence-corrected chi connectivity index (χ2v) is 5.95. The molecule has 0 radical (unpaired) electrons. The van der Waals surface area contributed by atoms with Gasteiger partial charge in [-0.3, -0.25) is 19.4 Å². The number of aromatic amines is 1. The molecule has 142 valence electrons. The van der Waals surface area contributed by atoms with Crippen LogP contribution in [0.2, 0.25) is 5.02 Å². The lowest BCUT2D eigenvalue weighted by atomic mass is 10.2. The zero-order chi connectivity index (χ0) is 20.1. The second-order valence-electron chi connectivity index (χ2n) is 5.55. The maximum absolute atomic E-state index is 12.3. The number of benzene rings is 1. The number of hydrogen-bond donors (Lipinski definition) is 4. The molecule has 2 heterocycles. The van der Waals surface area contributed by atoms with E-state index in [4.69, 9.17) is 11.6 Å². The average Bonchev–Trinajstić information content (AvgIpc) is 3.19. The maximum Gasteiger partial charge on any atom is 0.274 e. The molecule has 4 N–H and O–H groups in total. The van der Waals surface area contributed by atoms with Gasteiger partial charge in [0.15, 0.2) is 5.69 Å². The summed E-state index contributed by atoms with van der Waals surface area (Å²) in [5.74, 6) is -1.37. The molecular formula is C18H15ClN6O3. The Balaban J connectivity index is 1.67. The predicted molar refractivity (Wildman–Crippen MR) is 104 cm³/mol. The van der Waals surface area contributed by atoms with Gasteiger partial charge in [-0.2, -0.15) is 0 Å². The molecule has 3 rings (SSSR count). The van der Waals surface area contributed by atoms with Crippen molar-refractivity contribution in [3.05, 3.63) is 71.0 Å². The molecule has 0 aliphatic rings. The number of imidazole rings is 1. The van der Waals surface area contributed by atoms with Gasteiger partial charge in [0.2, 0.25) is 0 Å². The van der Waals surface area contributed by atoms with Gasteiger partial charge >= 0.3 is 0 Å². The van der Waals surface area contributed by atoms with E-state index in [0.29, 0.717) is 16.9 Å². The number of carbonyl (C=O) groups excluding carboxylic acids is 3. The Morgan fingerprint density at radius 3 is 2.21 bits per heavy atom. The van der Waals surface area contributed by atoms with Gasteiger partial charge in [-0.05, 0) is 30.3 Å². The van der Waals surface area contributed by atoms with E-state index >= 15 is 0 Å². The van der Waals surface area contributed by atoms with Crippen LogP contribution in [0.15, 0.2) is 49.1 Å². The van der Waals surface area contributed by atoms with Crippen LogP contribution in [0.5, 0.6) is 0 Å². The lowest BCUT2D eigenvalue weighted by Gasteiger charge is -2.08. The van der Waals surface area contributed by atoms with E-state index in [2.05, 4.69) is 30.9 Å². The molecule has 3 amide bonds. The number of anilines is 2. The van der Waals surface area contributed by atoms with E-state index in [0.717, 1.165) is 0 Å². The first-order chi connectivity index (χ1) is 13.5. The maximum atomic E-state index is 12.3. The van der Waals surface area contributed by atoms with E-state index in [-0.39, 0.29) is 22.3 Å². The third-order valence-electron chi connectivity index (χ3n) is 3.73. The Kier molecular flexibility index (Phi) is 5.66. The van der Waals surface area contributed by atoms with Crippen molar-refractivity contribution < 1.29 is 14.4 Å². The van der Waals surface area contributed by atoms with Crippen molar-refractivity contribution in [2.75, 3.05) is 17.7 Å². The number of aromatic nitrogens is 3. The Bertz CT molecular complexity index is 1030. The number of carbonyl (C=O) groups is 3. The zero-order valence-corrected chi connectivity index (χ0v) is 15.4. The number of H-pyrrole nitrogens is 1. The van der Waals surface area contributed by atoms with E-state index in [1.165, 1.54) is 31.8 Å². The lowest BCUT2D eigenvalue weighted by molar-refractivity contribution is 0.0943. The van der Waals surface area contributed by atoms with E-state index in [9.17, 15) is 14.4 Å². The van der Waals surface area contributed by atoms with Crippen LogP contribution in [-0.4, -0.2) is 39.7 Å². The van der Waals surface area contributed by atoms with Crippen LogP contribution < -0.4 is 16.0 Å². The summed E-state index contributed by atoms with van der Waals surface area (Å²) >= 11 is 5.95. The number of pyridine rings is 1. The summed E-state index contributed by atoms with van der Waals surface area (Å²) in [5.41, 5.74) is 1.34. The van der Waals surface area contributed by atoms with Crippen LogP contribution in [-0.2, 0) is 0 Å². The van der Waals surface area contributed by atoms with Crippen molar-refractivity contribution in [1.29, 1.82) is 0 Å². The summed E-state index contributed by atoms with van der Waals surface area (Å²) in [4.78, 5) is 46.6. The van der Waals surface area contributed by atoms with Crippen molar-refractivity contribution in [2.24, 2.45) is 0 Å². The number of nitrogens with one attached hydrogen (secondary N) is 4. The fourth-order valence-corrected chi connectivity index (χ4v) is 2.55. The first kappa shape index (κ1) is 19.1. The minimum atomic E-state index is -0.517. The van der Waals surface area contributed by atoms with E-state index < -0.39 is 11.8 Å². The monoisotopic (exact) mass is 398 g/mol. The smallest absolute Gasteiger partial charge is 0.274 e. The molecule has 0 aliphatic heterocycles. The Morgan fingerprint density at radius 1 is 0.964 bits per heavy atom. The van der Waals surface area contributed by atoms with Gasteiger partial charge in [0.1, 0.15) is 5.69 Å². The number of hydrogen-bond acceptors (Lipinski definition) is 5. The Morgan fingerprint density at radius 2 is 1.61 bits per heavy atom. The number of rotatable bonds is 5. The van der Waals surface area contributed by atoms with Gasteiger partial charge in [-0.25, -0.2) is 4.98 Å². The largest absolute Gasteiger partial charge is 0.354 e. The number of amides is 3. The summed E-state index contributed by atoms with van der Waals surface area (Å²) in [7, 11) is 1.45. The van der Waals surface area contributed by atoms with Crippen LogP contribution >= 0.6 is 11.6 Å². The predicted octanol–water partition coefficient (Wildman–Crippen LogP) is 2.32. The molecule has 0 fully saturated rings. The van der Waals surface area contributed by atoms with Crippen LogP contribution in [0.25, 0.3) is 0 Å². The second kappa shape index (κ2) is 8.31. The Labute approximate surface area is 164 Å². The van der Waals surface area contributed by atoms with Gasteiger partial charge in [0.05, 0.1) is 16.9 Å². The Hall–Kier alpha value is -3.72. The summed E-state index contributed by atoms with van der Waals surface area (Å²) in [6, 6.07) is 7.97. The fraction of sp³-hybridized carbons (Fsp3) is 0.0556. The summed E-state index contributed by atoms with van der Waals surface area (Å²) < 4.78 is 0. The van der Waals surface area contributed by atoms with Crippen molar-refractivity contribution >= 4 is 40.7 Å². The molecule has 28 heavy (non-hydrogen) atoms. The molecule has 10 heteroatoms. The molecule has 9 nitrogen and oxygen atoms in total. The normalized spacial score (nSPS) is 10.2. The van der Waals surface area contributed by atoms with Crippen LogP contribution in [0.1, 0.15) is 31.3 Å². The average molecular weight is 399 g/mol. The number of halogens is 1. The van der Waals surface area contributed by atoms with Crippen molar-refractivity contribution in [3.63, 3.8) is 0 Å². The molecule has 0 unspecified atom stereocenters. The fourth-order valence-electron chi connectivity index (χ4n) is 2.35. The molecular weight excluding hydrogens is 384 g/mol. The van der Waals surface area contributed by atoms with Crippen molar-refractivity contribution in [1.82, 2.24) is 20.3 Å². The van der Waals surface area contributed by atoms with Crippen LogP contribution in [0.3, 0.4) is 0 Å². The highest BCUT2D eigenvalue weighted by molar-refractivity contribution is 6.34. The molecule has 0 saturated carbocycles. The van der Waals surface area contributed by atoms with Crippen LogP contribution in [0, 0.1) is 0 Å². The lowest BCUT2D eigenvalue weighted by Crippen LogP contribution is -2.23. The highest BCUT2D eigenvalue weighted by Gasteiger charge is 2.19. The summed E-state index contributed by atoms with van der Waals surface area (Å²) in [6.45, 7) is 0. The van der Waals surface area contributed by atoms with Crippen molar-refractivity contribution in [2.45, 2.75) is 0 Å². The van der Waals surface area contributed by atoms with Crippen LogP contribution in [0.4, 0.5) is 11.4 Å². The highest BCUT2D eigenvalue weighted by Crippen LogP contribution is 2.18. The SMILES string of the molecule is CNC(=O)c1nc[nH]c1C(=O)Nc1ccc(NC(=O)c2ccncc2Cl)cc1. The van der Waals surface area contributed by atoms with Gasteiger partial charge in [0, 0.05) is 30.8 Å². The zero-order valence-electron chi connectivity index (χ0n) is 14.6. The molecule has 1 aromatic carbocycles. The van der Waals surface area contributed by atoms with Gasteiger partial charge in [0.25, 0.3) is 17.7 Å². The highest BCUT2D eigenvalue weighted by atomic mass is 35.5.